The molecule has 8 rings (SSSR count). The molecule has 0 bridgehead atoms. The average Bonchev–Trinajstić information content (AvgIpc) is 3.21. The Bertz CT molecular complexity index is 2160. The topological polar surface area (TPSA) is 90.5 Å². The molecule has 0 spiro atoms. The highest BCUT2D eigenvalue weighted by molar-refractivity contribution is 6.30. The van der Waals surface area contributed by atoms with Crippen molar-refractivity contribution in [1.82, 2.24) is 0 Å². The van der Waals surface area contributed by atoms with Crippen LogP contribution in [0, 0.1) is 6.92 Å². The summed E-state index contributed by atoms with van der Waals surface area (Å²) in [6.45, 7) is 11.9. The monoisotopic (exact) mass is 826 g/mol. The summed E-state index contributed by atoms with van der Waals surface area (Å²) >= 11 is 5.81. The molecule has 4 aromatic carbocycles. The minimum absolute atomic E-state index is 0.255. The van der Waals surface area contributed by atoms with Crippen molar-refractivity contribution in [2.45, 2.75) is 60.3 Å². The second kappa shape index (κ2) is 21.7. The molecule has 0 saturated heterocycles. The van der Waals surface area contributed by atoms with E-state index in [2.05, 4.69) is 43.6 Å². The molecule has 0 unspecified atom stereocenters. The average molecular weight is 827 g/mol. The number of hydrogen-bond acceptors (Lipinski definition) is 9. The third-order valence-corrected chi connectivity index (χ3v) is 10.1. The third-order valence-electron chi connectivity index (χ3n) is 9.81. The van der Waals surface area contributed by atoms with Gasteiger partial charge in [0.15, 0.2) is 23.1 Å². The summed E-state index contributed by atoms with van der Waals surface area (Å²) in [4.78, 5) is 53.6. The highest BCUT2D eigenvalue weighted by Gasteiger charge is 2.19. The second-order valence-electron chi connectivity index (χ2n) is 15.6. The van der Waals surface area contributed by atoms with Crippen LogP contribution in [0.5, 0.6) is 5.75 Å². The number of ketones is 4. The van der Waals surface area contributed by atoms with Crippen LogP contribution in [-0.2, 0) is 19.2 Å². The number of benzene rings is 4. The molecule has 4 aliphatic heterocycles. The number of carbonyl (C=O) groups is 4. The quantitative estimate of drug-likeness (QED) is 0.195. The van der Waals surface area contributed by atoms with Crippen molar-refractivity contribution in [3.8, 4) is 5.75 Å². The van der Waals surface area contributed by atoms with E-state index in [1.54, 1.807) is 7.11 Å². The molecule has 9 nitrogen and oxygen atoms in total. The minimum atomic E-state index is 0.255. The SMILES string of the molecule is CC1=CN(c2ccc(C)cc2)CC(=O)C1.CC1=CN(c2ccc(Cl)cc2)CC(=O)C1.CC1=CN(c2ccccc2)CC(=O)C1.COc1ccc(N2C=C(C)CC(=O)C2)cc1. The summed E-state index contributed by atoms with van der Waals surface area (Å²) in [5, 5.41) is 0.711. The molecule has 0 N–H and O–H groups in total. The highest BCUT2D eigenvalue weighted by Crippen LogP contribution is 2.25. The Balaban J connectivity index is 0.000000152. The molecule has 60 heavy (non-hydrogen) atoms. The van der Waals surface area contributed by atoms with E-state index >= 15 is 0 Å². The van der Waals surface area contributed by atoms with Gasteiger partial charge in [-0.05, 0) is 130 Å². The summed E-state index contributed by atoms with van der Waals surface area (Å²) in [6.07, 6.45) is 10.5. The van der Waals surface area contributed by atoms with Crippen LogP contribution >= 0.6 is 11.6 Å². The molecule has 0 radical (unpaired) electrons. The van der Waals surface area contributed by atoms with Crippen LogP contribution in [0.2, 0.25) is 5.02 Å². The van der Waals surface area contributed by atoms with Crippen LogP contribution in [-0.4, -0.2) is 56.4 Å². The van der Waals surface area contributed by atoms with Crippen LogP contribution in [0.3, 0.4) is 0 Å². The molecule has 0 aliphatic carbocycles. The van der Waals surface area contributed by atoms with E-state index in [0.717, 1.165) is 50.8 Å². The summed E-state index contributed by atoms with van der Waals surface area (Å²) in [5.41, 5.74) is 9.90. The maximum atomic E-state index is 11.5. The van der Waals surface area contributed by atoms with Gasteiger partial charge in [-0.2, -0.15) is 0 Å². The lowest BCUT2D eigenvalue weighted by atomic mass is 10.1. The summed E-state index contributed by atoms with van der Waals surface area (Å²) < 4.78 is 5.10. The smallest absolute Gasteiger partial charge is 0.156 e. The van der Waals surface area contributed by atoms with Crippen LogP contribution in [0.25, 0.3) is 0 Å². The van der Waals surface area contributed by atoms with Gasteiger partial charge in [-0.15, -0.1) is 0 Å². The number of Topliss-reactive ketones (excluding diaryl/α,β-unsaturated/α-hetero) is 4. The van der Waals surface area contributed by atoms with Gasteiger partial charge in [0.05, 0.1) is 33.3 Å². The highest BCUT2D eigenvalue weighted by atomic mass is 35.5. The fourth-order valence-corrected chi connectivity index (χ4v) is 7.21. The standard InChI is InChI=1S/C13H15NO2.C13H15NO.C12H12ClNO.C12H13NO/c1-10-7-12(15)9-14(8-10)11-3-5-13(16-2)6-4-11;1-10-3-5-12(6-4-10)14-8-11(2)7-13(15)9-14;1-9-6-12(15)8-14(7-9)11-4-2-10(13)3-5-11;1-10-7-12(14)9-13(8-10)11-5-3-2-4-6-11/h3-6,8H,7,9H2,1-2H3;3-6,8H,7,9H2,1-2H3;2-5,7H,6,8H2,1H3;2-6,8H,7,9H2,1H3. The summed E-state index contributed by atoms with van der Waals surface area (Å²) in [5.74, 6) is 1.91. The van der Waals surface area contributed by atoms with Gasteiger partial charge in [0.2, 0.25) is 0 Å². The van der Waals surface area contributed by atoms with Gasteiger partial charge < -0.3 is 24.3 Å². The van der Waals surface area contributed by atoms with Crippen molar-refractivity contribution >= 4 is 57.5 Å². The van der Waals surface area contributed by atoms with Gasteiger partial charge in [0, 0.05) is 78.3 Å². The molecule has 4 aliphatic rings. The first-order valence-corrected chi connectivity index (χ1v) is 20.5. The van der Waals surface area contributed by atoms with E-state index < -0.39 is 0 Å². The lowest BCUT2D eigenvalue weighted by Gasteiger charge is -2.25. The van der Waals surface area contributed by atoms with Crippen molar-refractivity contribution in [2.75, 3.05) is 52.9 Å². The number of nitrogens with zero attached hydrogens (tertiary/aromatic N) is 4. The number of carbonyl (C=O) groups excluding carboxylic acids is 4. The van der Waals surface area contributed by atoms with Crippen molar-refractivity contribution in [3.05, 3.63) is 161 Å². The largest absolute Gasteiger partial charge is 0.497 e. The third kappa shape index (κ3) is 14.0. The zero-order valence-corrected chi connectivity index (χ0v) is 36.2. The summed E-state index contributed by atoms with van der Waals surface area (Å²) in [6, 6.07) is 33.4. The molecule has 4 aromatic rings. The lowest BCUT2D eigenvalue weighted by Crippen LogP contribution is -2.29. The van der Waals surface area contributed by atoms with E-state index in [-0.39, 0.29) is 23.1 Å². The maximum Gasteiger partial charge on any atom is 0.156 e. The van der Waals surface area contributed by atoms with Crippen molar-refractivity contribution in [3.63, 3.8) is 0 Å². The Morgan fingerprint density at radius 3 is 1.03 bits per heavy atom. The van der Waals surface area contributed by atoms with Crippen LogP contribution in [0.15, 0.2) is 150 Å². The number of hydrogen-bond donors (Lipinski definition) is 0. The molecule has 4 heterocycles. The van der Waals surface area contributed by atoms with Gasteiger partial charge in [0.25, 0.3) is 0 Å². The van der Waals surface area contributed by atoms with Gasteiger partial charge in [-0.1, -0.05) is 47.5 Å². The van der Waals surface area contributed by atoms with Gasteiger partial charge in [0.1, 0.15) is 5.75 Å². The number of halogens is 1. The number of ether oxygens (including phenoxy) is 1. The predicted octanol–water partition coefficient (Wildman–Crippen LogP) is 10.4. The van der Waals surface area contributed by atoms with Crippen LogP contribution in [0.4, 0.5) is 22.7 Å². The number of aryl methyl sites for hydroxylation is 1. The predicted molar refractivity (Wildman–Crippen MR) is 245 cm³/mol. The first-order valence-electron chi connectivity index (χ1n) is 20.1. The first-order chi connectivity index (χ1) is 28.7. The number of anilines is 4. The van der Waals surface area contributed by atoms with Gasteiger partial charge in [-0.25, -0.2) is 0 Å². The van der Waals surface area contributed by atoms with Crippen LogP contribution < -0.4 is 24.3 Å². The Kier molecular flexibility index (Phi) is 16.2. The zero-order chi connectivity index (χ0) is 43.2. The Labute approximate surface area is 359 Å². The molecular formula is C50H55ClN4O5. The normalized spacial score (nSPS) is 16.4. The number of methoxy groups -OCH3 is 1. The van der Waals surface area contributed by atoms with E-state index in [1.165, 1.54) is 5.56 Å². The van der Waals surface area contributed by atoms with E-state index in [1.807, 2.05) is 139 Å². The number of para-hydroxylation sites is 1. The fourth-order valence-electron chi connectivity index (χ4n) is 7.08. The minimum Gasteiger partial charge on any atom is -0.497 e. The Morgan fingerprint density at radius 2 is 0.717 bits per heavy atom. The van der Waals surface area contributed by atoms with Gasteiger partial charge >= 0.3 is 0 Å². The summed E-state index contributed by atoms with van der Waals surface area (Å²) in [7, 11) is 1.64. The molecule has 10 heteroatoms. The number of rotatable bonds is 5. The molecular weight excluding hydrogens is 772 g/mol. The van der Waals surface area contributed by atoms with Crippen molar-refractivity contribution in [2.24, 2.45) is 0 Å². The van der Waals surface area contributed by atoms with Crippen molar-refractivity contribution < 1.29 is 23.9 Å². The second-order valence-corrected chi connectivity index (χ2v) is 16.1. The molecule has 0 fully saturated rings. The first kappa shape index (κ1) is 44.9. The van der Waals surface area contributed by atoms with Crippen LogP contribution in [0.1, 0.15) is 58.9 Å². The Hall–Kier alpha value is -6.19. The fraction of sp³-hybridized carbons (Fsp3) is 0.280. The Morgan fingerprint density at radius 1 is 0.417 bits per heavy atom. The van der Waals surface area contributed by atoms with E-state index in [9.17, 15) is 19.2 Å². The lowest BCUT2D eigenvalue weighted by molar-refractivity contribution is -0.118. The zero-order valence-electron chi connectivity index (χ0n) is 35.5. The molecule has 312 valence electrons. The molecule has 0 aromatic heterocycles. The van der Waals surface area contributed by atoms with E-state index in [0.29, 0.717) is 56.9 Å². The molecule has 0 atom stereocenters. The number of allylic oxidation sites excluding steroid dienone is 4. The molecule has 0 saturated carbocycles. The molecule has 0 amide bonds. The maximum absolute atomic E-state index is 11.5. The van der Waals surface area contributed by atoms with E-state index in [4.69, 9.17) is 16.3 Å². The van der Waals surface area contributed by atoms with Crippen molar-refractivity contribution in [1.29, 1.82) is 0 Å². The van der Waals surface area contributed by atoms with Gasteiger partial charge in [-0.3, -0.25) is 19.2 Å².